The van der Waals surface area contributed by atoms with E-state index in [-0.39, 0.29) is 18.0 Å². The van der Waals surface area contributed by atoms with Gasteiger partial charge in [0.15, 0.2) is 17.2 Å². The average molecular weight is 564 g/mol. The summed E-state index contributed by atoms with van der Waals surface area (Å²) in [6.45, 7) is 0.721. The first-order valence-electron chi connectivity index (χ1n) is 11.1. The van der Waals surface area contributed by atoms with Gasteiger partial charge in [-0.3, -0.25) is 19.6 Å². The molecular weight excluding hydrogens is 542 g/mol. The summed E-state index contributed by atoms with van der Waals surface area (Å²) < 4.78 is 13.9. The minimum Gasteiger partial charge on any atom is -0.493 e. The summed E-state index contributed by atoms with van der Waals surface area (Å²) in [5, 5.41) is 19.1. The van der Waals surface area contributed by atoms with Gasteiger partial charge in [0.2, 0.25) is 0 Å². The van der Waals surface area contributed by atoms with Crippen molar-refractivity contribution in [1.29, 1.82) is 0 Å². The lowest BCUT2D eigenvalue weighted by Crippen LogP contribution is -2.18. The van der Waals surface area contributed by atoms with Crippen LogP contribution in [-0.2, 0) is 13.2 Å². The van der Waals surface area contributed by atoms with Crippen LogP contribution in [0.25, 0.3) is 0 Å². The number of hydrazone groups is 1. The number of nitro benzene ring substituents is 1. The van der Waals surface area contributed by atoms with Gasteiger partial charge < -0.3 is 9.47 Å². The molecule has 37 heavy (non-hydrogen) atoms. The quantitative estimate of drug-likeness (QED) is 0.165. The molecular formula is C26H22BrN5O5. The predicted octanol–water partition coefficient (Wildman–Crippen LogP) is 4.95. The van der Waals surface area contributed by atoms with Gasteiger partial charge in [-0.1, -0.05) is 28.1 Å². The first-order chi connectivity index (χ1) is 17.9. The topological polar surface area (TPSA) is 121 Å². The number of rotatable bonds is 10. The number of non-ortho nitro benzene ring substituents is 1. The molecule has 10 nitrogen and oxygen atoms in total. The summed E-state index contributed by atoms with van der Waals surface area (Å²) in [5.74, 6) is 0.536. The van der Waals surface area contributed by atoms with E-state index >= 15 is 0 Å². The Morgan fingerprint density at radius 3 is 2.65 bits per heavy atom. The number of benzene rings is 3. The smallest absolute Gasteiger partial charge is 0.291 e. The van der Waals surface area contributed by atoms with E-state index in [9.17, 15) is 14.9 Å². The van der Waals surface area contributed by atoms with Gasteiger partial charge in [0.05, 0.1) is 24.8 Å². The number of amides is 1. The molecule has 0 saturated carbocycles. The molecule has 0 unspecified atom stereocenters. The van der Waals surface area contributed by atoms with E-state index in [0.717, 1.165) is 15.6 Å². The van der Waals surface area contributed by atoms with Crippen molar-refractivity contribution in [3.63, 3.8) is 0 Å². The highest BCUT2D eigenvalue weighted by molar-refractivity contribution is 9.10. The fraction of sp³-hybridized carbons (Fsp3) is 0.115. The molecule has 0 atom stereocenters. The number of nitrogens with one attached hydrogen (secondary N) is 1. The highest BCUT2D eigenvalue weighted by atomic mass is 79.9. The molecule has 1 N–H and O–H groups in total. The van der Waals surface area contributed by atoms with Crippen LogP contribution in [0.4, 0.5) is 5.69 Å². The number of carbonyl (C=O) groups is 1. The van der Waals surface area contributed by atoms with Gasteiger partial charge in [-0.25, -0.2) is 5.43 Å². The Morgan fingerprint density at radius 1 is 1.11 bits per heavy atom. The largest absolute Gasteiger partial charge is 0.493 e. The first-order valence-corrected chi connectivity index (χ1v) is 11.9. The van der Waals surface area contributed by atoms with Gasteiger partial charge in [-0.15, -0.1) is 0 Å². The highest BCUT2D eigenvalue weighted by Gasteiger charge is 2.10. The van der Waals surface area contributed by atoms with Crippen LogP contribution in [0, 0.1) is 10.1 Å². The zero-order valence-corrected chi connectivity index (χ0v) is 21.3. The monoisotopic (exact) mass is 563 g/mol. The lowest BCUT2D eigenvalue weighted by Gasteiger charge is -2.11. The maximum atomic E-state index is 12.5. The minimum atomic E-state index is -0.454. The zero-order valence-electron chi connectivity index (χ0n) is 19.7. The second-order valence-corrected chi connectivity index (χ2v) is 8.77. The summed E-state index contributed by atoms with van der Waals surface area (Å²) in [6, 6.07) is 20.8. The molecule has 1 heterocycles. The third-order valence-corrected chi connectivity index (χ3v) is 5.71. The Balaban J connectivity index is 1.36. The molecule has 0 saturated heterocycles. The number of ether oxygens (including phenoxy) is 2. The molecule has 0 fully saturated rings. The third-order valence-electron chi connectivity index (χ3n) is 5.22. The number of carbonyl (C=O) groups excluding carboxylic acids is 1. The molecule has 0 aliphatic heterocycles. The summed E-state index contributed by atoms with van der Waals surface area (Å²) in [5.41, 5.74) is 5.21. The maximum absolute atomic E-state index is 12.5. The highest BCUT2D eigenvalue weighted by Crippen LogP contribution is 2.28. The fourth-order valence-corrected chi connectivity index (χ4v) is 3.82. The van der Waals surface area contributed by atoms with Gasteiger partial charge >= 0.3 is 0 Å². The lowest BCUT2D eigenvalue weighted by atomic mass is 10.2. The number of nitro groups is 1. The number of methoxy groups -OCH3 is 1. The summed E-state index contributed by atoms with van der Waals surface area (Å²) in [7, 11) is 1.53. The van der Waals surface area contributed by atoms with E-state index in [1.54, 1.807) is 47.3 Å². The molecule has 0 spiro atoms. The fourth-order valence-electron chi connectivity index (χ4n) is 3.38. The Morgan fingerprint density at radius 2 is 1.92 bits per heavy atom. The number of halogens is 1. The van der Waals surface area contributed by atoms with Crippen LogP contribution < -0.4 is 14.9 Å². The Labute approximate surface area is 220 Å². The van der Waals surface area contributed by atoms with Crippen molar-refractivity contribution in [2.24, 2.45) is 5.10 Å². The molecule has 0 aliphatic rings. The average Bonchev–Trinajstić information content (AvgIpc) is 3.36. The SMILES string of the molecule is COc1ccc(/C=N\NC(=O)c2ccn(Cc3cccc(Br)c3)n2)cc1OCc1ccc([N+](=O)[O-])cc1. The maximum Gasteiger partial charge on any atom is 0.291 e. The molecule has 1 amide bonds. The van der Waals surface area contributed by atoms with Crippen LogP contribution in [0.5, 0.6) is 11.5 Å². The Hall–Kier alpha value is -4.51. The Bertz CT molecular complexity index is 1440. The van der Waals surface area contributed by atoms with Crippen molar-refractivity contribution in [1.82, 2.24) is 15.2 Å². The van der Waals surface area contributed by atoms with Crippen molar-refractivity contribution in [2.45, 2.75) is 13.2 Å². The van der Waals surface area contributed by atoms with E-state index in [0.29, 0.717) is 23.6 Å². The van der Waals surface area contributed by atoms with E-state index in [1.165, 1.54) is 25.5 Å². The molecule has 0 bridgehead atoms. The molecule has 4 aromatic rings. The first kappa shape index (κ1) is 25.6. The van der Waals surface area contributed by atoms with Crippen LogP contribution in [-0.4, -0.2) is 33.9 Å². The second kappa shape index (κ2) is 12.0. The third kappa shape index (κ3) is 7.01. The van der Waals surface area contributed by atoms with Crippen molar-refractivity contribution < 1.29 is 19.2 Å². The molecule has 0 radical (unpaired) electrons. The van der Waals surface area contributed by atoms with E-state index < -0.39 is 10.8 Å². The molecule has 3 aromatic carbocycles. The van der Waals surface area contributed by atoms with Gasteiger partial charge in [0, 0.05) is 22.8 Å². The van der Waals surface area contributed by atoms with Crippen LogP contribution in [0.3, 0.4) is 0 Å². The summed E-state index contributed by atoms with van der Waals surface area (Å²) >= 11 is 3.45. The molecule has 11 heteroatoms. The zero-order chi connectivity index (χ0) is 26.2. The van der Waals surface area contributed by atoms with Gasteiger partial charge in [-0.05, 0) is 65.2 Å². The molecule has 1 aromatic heterocycles. The number of nitrogens with zero attached hydrogens (tertiary/aromatic N) is 4. The van der Waals surface area contributed by atoms with Crippen LogP contribution in [0.15, 0.2) is 88.6 Å². The van der Waals surface area contributed by atoms with Crippen LogP contribution >= 0.6 is 15.9 Å². The molecule has 0 aliphatic carbocycles. The summed E-state index contributed by atoms with van der Waals surface area (Å²) in [4.78, 5) is 22.8. The molecule has 4 rings (SSSR count). The van der Waals surface area contributed by atoms with Crippen LogP contribution in [0.2, 0.25) is 0 Å². The number of aromatic nitrogens is 2. The van der Waals surface area contributed by atoms with Crippen LogP contribution in [0.1, 0.15) is 27.2 Å². The van der Waals surface area contributed by atoms with Crippen molar-refractivity contribution in [3.8, 4) is 11.5 Å². The van der Waals surface area contributed by atoms with E-state index in [4.69, 9.17) is 9.47 Å². The van der Waals surface area contributed by atoms with Gasteiger partial charge in [0.1, 0.15) is 6.61 Å². The molecule has 188 valence electrons. The predicted molar refractivity (Wildman–Crippen MR) is 141 cm³/mol. The van der Waals surface area contributed by atoms with Crippen molar-refractivity contribution in [2.75, 3.05) is 7.11 Å². The number of hydrogen-bond acceptors (Lipinski definition) is 7. The Kier molecular flexibility index (Phi) is 8.26. The normalized spacial score (nSPS) is 10.9. The van der Waals surface area contributed by atoms with Gasteiger partial charge in [0.25, 0.3) is 11.6 Å². The van der Waals surface area contributed by atoms with Gasteiger partial charge in [-0.2, -0.15) is 10.2 Å². The summed E-state index contributed by atoms with van der Waals surface area (Å²) in [6.07, 6.45) is 3.21. The van der Waals surface area contributed by atoms with E-state index in [2.05, 4.69) is 31.6 Å². The second-order valence-electron chi connectivity index (χ2n) is 7.85. The van der Waals surface area contributed by atoms with Crippen molar-refractivity contribution >= 4 is 33.7 Å². The lowest BCUT2D eigenvalue weighted by molar-refractivity contribution is -0.384. The van der Waals surface area contributed by atoms with E-state index in [1.807, 2.05) is 24.3 Å². The van der Waals surface area contributed by atoms with Crippen molar-refractivity contribution in [3.05, 3.63) is 116 Å². The standard InChI is InChI=1S/C26H22BrN5O5/c1-36-24-10-7-19(14-25(24)37-17-18-5-8-22(9-6-18)32(34)35)15-28-29-26(33)23-11-12-31(30-23)16-20-3-2-4-21(27)13-20/h2-15H,16-17H2,1H3,(H,29,33)/b28-15-. The number of hydrogen-bond donors (Lipinski definition) is 1. The minimum absolute atomic E-state index is 0.0118.